The zero-order valence-electron chi connectivity index (χ0n) is 27.0. The summed E-state index contributed by atoms with van der Waals surface area (Å²) in [5, 5.41) is 6.62. The van der Waals surface area contributed by atoms with Crippen molar-refractivity contribution < 1.29 is 8.83 Å². The lowest BCUT2D eigenvalue weighted by atomic mass is 10.0. The Labute approximate surface area is 288 Å². The fourth-order valence-corrected chi connectivity index (χ4v) is 7.36. The number of benzene rings is 8. The van der Waals surface area contributed by atoms with Gasteiger partial charge < -0.3 is 18.6 Å². The molecule has 4 heteroatoms. The number of rotatable bonds is 6. The van der Waals surface area contributed by atoms with E-state index in [4.69, 9.17) is 8.83 Å². The molecule has 236 valence electrons. The van der Waals surface area contributed by atoms with E-state index in [1.54, 1.807) is 0 Å². The molecule has 2 aromatic heterocycles. The molecule has 0 radical (unpaired) electrons. The Kier molecular flexibility index (Phi) is 6.46. The Morgan fingerprint density at radius 1 is 0.320 bits per heavy atom. The average Bonchev–Trinajstić information content (AvgIpc) is 3.75. The van der Waals surface area contributed by atoms with E-state index in [-0.39, 0.29) is 0 Å². The smallest absolute Gasteiger partial charge is 0.160 e. The number of hydrogen-bond acceptors (Lipinski definition) is 4. The van der Waals surface area contributed by atoms with Gasteiger partial charge in [0.15, 0.2) is 5.58 Å². The van der Waals surface area contributed by atoms with Gasteiger partial charge in [0, 0.05) is 50.0 Å². The Hall–Kier alpha value is -6.78. The van der Waals surface area contributed by atoms with Gasteiger partial charge in [-0.1, -0.05) is 97.1 Å². The van der Waals surface area contributed by atoms with Crippen molar-refractivity contribution in [1.29, 1.82) is 0 Å². The molecule has 0 aliphatic heterocycles. The van der Waals surface area contributed by atoms with E-state index in [1.807, 2.05) is 12.1 Å². The van der Waals surface area contributed by atoms with Gasteiger partial charge in [0.1, 0.15) is 16.7 Å². The van der Waals surface area contributed by atoms with Gasteiger partial charge in [-0.3, -0.25) is 0 Å². The number of furan rings is 2. The van der Waals surface area contributed by atoms with Crippen molar-refractivity contribution in [3.05, 3.63) is 182 Å². The molecule has 10 aromatic rings. The van der Waals surface area contributed by atoms with Gasteiger partial charge in [-0.2, -0.15) is 0 Å². The van der Waals surface area contributed by atoms with E-state index in [9.17, 15) is 0 Å². The summed E-state index contributed by atoms with van der Waals surface area (Å²) in [7, 11) is 0. The predicted molar refractivity (Wildman–Crippen MR) is 208 cm³/mol. The molecule has 0 bridgehead atoms. The number of anilines is 6. The molecule has 2 heterocycles. The fraction of sp³-hybridized carbons (Fsp3) is 0. The molecule has 0 unspecified atom stereocenters. The Balaban J connectivity index is 1.25. The van der Waals surface area contributed by atoms with Crippen molar-refractivity contribution in [2.24, 2.45) is 0 Å². The van der Waals surface area contributed by atoms with Crippen LogP contribution >= 0.6 is 0 Å². The van der Waals surface area contributed by atoms with E-state index >= 15 is 0 Å². The van der Waals surface area contributed by atoms with Crippen molar-refractivity contribution in [3.8, 4) is 0 Å². The van der Waals surface area contributed by atoms with Gasteiger partial charge >= 0.3 is 0 Å². The van der Waals surface area contributed by atoms with E-state index in [0.717, 1.165) is 88.8 Å². The standard InChI is InChI=1S/C46H30N2O2/c1-4-15-32(16-5-1)47(33-17-6-2-7-18-33)35-24-27-44-40(30-35)45-37-21-11-10-14-31(37)28-41(46(45)50-44)48(34-19-8-3-9-20-34)36-25-26-43-39(29-36)38-22-12-13-23-42(38)49-43/h1-30H. The van der Waals surface area contributed by atoms with Crippen molar-refractivity contribution >= 4 is 88.8 Å². The maximum Gasteiger partial charge on any atom is 0.160 e. The summed E-state index contributed by atoms with van der Waals surface area (Å²) in [5.41, 5.74) is 9.69. The molecule has 8 aromatic carbocycles. The number of fused-ring (bicyclic) bond motifs is 8. The minimum atomic E-state index is 0.836. The van der Waals surface area contributed by atoms with Crippen LogP contribution in [0.5, 0.6) is 0 Å². The maximum atomic E-state index is 6.93. The minimum absolute atomic E-state index is 0.836. The lowest BCUT2D eigenvalue weighted by Gasteiger charge is -2.26. The molecule has 0 aliphatic carbocycles. The topological polar surface area (TPSA) is 32.8 Å². The third-order valence-corrected chi connectivity index (χ3v) is 9.59. The molecular weight excluding hydrogens is 613 g/mol. The summed E-state index contributed by atoms with van der Waals surface area (Å²) in [6, 6.07) is 63.6. The average molecular weight is 643 g/mol. The molecule has 50 heavy (non-hydrogen) atoms. The molecule has 0 saturated heterocycles. The van der Waals surface area contributed by atoms with E-state index in [0.29, 0.717) is 0 Å². The van der Waals surface area contributed by atoms with Crippen molar-refractivity contribution in [2.75, 3.05) is 9.80 Å². The Bertz CT molecular complexity index is 2780. The highest BCUT2D eigenvalue weighted by Gasteiger charge is 2.23. The van der Waals surface area contributed by atoms with Crippen LogP contribution in [-0.4, -0.2) is 0 Å². The summed E-state index contributed by atoms with van der Waals surface area (Å²) in [6.45, 7) is 0. The molecule has 4 nitrogen and oxygen atoms in total. The third kappa shape index (κ3) is 4.54. The predicted octanol–water partition coefficient (Wildman–Crippen LogP) is 13.6. The highest BCUT2D eigenvalue weighted by atomic mass is 16.3. The van der Waals surface area contributed by atoms with Gasteiger partial charge in [0.2, 0.25) is 0 Å². The van der Waals surface area contributed by atoms with Crippen LogP contribution in [0.1, 0.15) is 0 Å². The van der Waals surface area contributed by atoms with Crippen molar-refractivity contribution in [3.63, 3.8) is 0 Å². The highest BCUT2D eigenvalue weighted by molar-refractivity contribution is 6.23. The van der Waals surface area contributed by atoms with Crippen LogP contribution < -0.4 is 9.80 Å². The summed E-state index contributed by atoms with van der Waals surface area (Å²) in [4.78, 5) is 4.60. The van der Waals surface area contributed by atoms with E-state index < -0.39 is 0 Å². The van der Waals surface area contributed by atoms with Crippen LogP contribution in [0.25, 0.3) is 54.6 Å². The number of hydrogen-bond donors (Lipinski definition) is 0. The number of para-hydroxylation sites is 4. The molecule has 0 amide bonds. The normalized spacial score (nSPS) is 11.6. The van der Waals surface area contributed by atoms with Crippen LogP contribution in [0.4, 0.5) is 34.1 Å². The summed E-state index contributed by atoms with van der Waals surface area (Å²) in [5.74, 6) is 0. The van der Waals surface area contributed by atoms with E-state index in [1.165, 1.54) is 0 Å². The Morgan fingerprint density at radius 3 is 1.50 bits per heavy atom. The van der Waals surface area contributed by atoms with Gasteiger partial charge in [0.05, 0.1) is 5.69 Å². The fourth-order valence-electron chi connectivity index (χ4n) is 7.36. The third-order valence-electron chi connectivity index (χ3n) is 9.59. The number of nitrogens with zero attached hydrogens (tertiary/aromatic N) is 2. The summed E-state index contributed by atoms with van der Waals surface area (Å²) in [6.07, 6.45) is 0. The molecule has 0 saturated carbocycles. The molecular formula is C46H30N2O2. The summed E-state index contributed by atoms with van der Waals surface area (Å²) < 4.78 is 13.1. The van der Waals surface area contributed by atoms with Crippen molar-refractivity contribution in [2.45, 2.75) is 0 Å². The van der Waals surface area contributed by atoms with Crippen LogP contribution in [0, 0.1) is 0 Å². The van der Waals surface area contributed by atoms with Crippen LogP contribution in [0.2, 0.25) is 0 Å². The lowest BCUT2D eigenvalue weighted by Crippen LogP contribution is -2.10. The minimum Gasteiger partial charge on any atom is -0.456 e. The van der Waals surface area contributed by atoms with Gasteiger partial charge in [-0.05, 0) is 95.7 Å². The molecule has 0 spiro atoms. The summed E-state index contributed by atoms with van der Waals surface area (Å²) >= 11 is 0. The molecule has 10 rings (SSSR count). The second-order valence-corrected chi connectivity index (χ2v) is 12.6. The van der Waals surface area contributed by atoms with Crippen LogP contribution in [0.15, 0.2) is 191 Å². The van der Waals surface area contributed by atoms with Crippen molar-refractivity contribution in [1.82, 2.24) is 0 Å². The largest absolute Gasteiger partial charge is 0.456 e. The van der Waals surface area contributed by atoms with Crippen LogP contribution in [-0.2, 0) is 0 Å². The molecule has 0 atom stereocenters. The highest BCUT2D eigenvalue weighted by Crippen LogP contribution is 2.47. The quantitative estimate of drug-likeness (QED) is 0.181. The maximum absolute atomic E-state index is 6.93. The van der Waals surface area contributed by atoms with Gasteiger partial charge in [0.25, 0.3) is 0 Å². The monoisotopic (exact) mass is 642 g/mol. The second kappa shape index (κ2) is 11.4. The van der Waals surface area contributed by atoms with Gasteiger partial charge in [-0.25, -0.2) is 0 Å². The first kappa shape index (κ1) is 28.3. The first-order chi connectivity index (χ1) is 24.8. The second-order valence-electron chi connectivity index (χ2n) is 12.6. The molecule has 0 fully saturated rings. The zero-order valence-corrected chi connectivity index (χ0v) is 27.0. The van der Waals surface area contributed by atoms with E-state index in [2.05, 4.69) is 180 Å². The van der Waals surface area contributed by atoms with Gasteiger partial charge in [-0.15, -0.1) is 0 Å². The first-order valence-electron chi connectivity index (χ1n) is 16.8. The molecule has 0 N–H and O–H groups in total. The lowest BCUT2D eigenvalue weighted by molar-refractivity contribution is 0.669. The Morgan fingerprint density at radius 2 is 0.820 bits per heavy atom. The first-order valence-corrected chi connectivity index (χ1v) is 16.8. The molecule has 0 aliphatic rings. The van der Waals surface area contributed by atoms with Crippen LogP contribution in [0.3, 0.4) is 0 Å². The zero-order chi connectivity index (χ0) is 33.0. The SMILES string of the molecule is c1ccc(N(c2ccccc2)c2ccc3oc4c(N(c5ccccc5)c5ccc6oc7ccccc7c6c5)cc5ccccc5c4c3c2)cc1.